The molecule has 0 spiro atoms. The quantitative estimate of drug-likeness (QED) is 0.465. The van der Waals surface area contributed by atoms with Crippen LogP contribution >= 0.6 is 0 Å². The maximum Gasteiger partial charge on any atom is 0.218 e. The van der Waals surface area contributed by atoms with Crippen LogP contribution in [0.15, 0.2) is 48.9 Å². The molecule has 10 heteroatoms. The Bertz CT molecular complexity index is 1330. The standard InChI is InChI=1S/C24H24F2N6O2/c1-14(33)7-15-5-6-27-19(8-15)21-12-28-22-3-4-23(30-32(21)22)31-13-17(26)10-20(31)18-9-16(25)11-29-24(18)34-2/h3-6,8-9,11-12,14,17,20,33H,7,10,13H2,1-2H3/t14-,17-,20+/m0/s1. The Morgan fingerprint density at radius 3 is 2.82 bits per heavy atom. The van der Waals surface area contributed by atoms with E-state index < -0.39 is 24.1 Å². The Balaban J connectivity index is 1.55. The molecule has 0 aliphatic carbocycles. The number of hydrogen-bond acceptors (Lipinski definition) is 7. The Labute approximate surface area is 194 Å². The number of fused-ring (bicyclic) bond motifs is 1. The highest BCUT2D eigenvalue weighted by Crippen LogP contribution is 2.40. The molecule has 0 aromatic carbocycles. The van der Waals surface area contributed by atoms with Crippen molar-refractivity contribution >= 4 is 11.5 Å². The fourth-order valence-corrected chi connectivity index (χ4v) is 4.46. The summed E-state index contributed by atoms with van der Waals surface area (Å²) in [4.78, 5) is 14.7. The van der Waals surface area contributed by atoms with Crippen LogP contribution in [0.25, 0.3) is 17.0 Å². The predicted molar refractivity (Wildman–Crippen MR) is 122 cm³/mol. The highest BCUT2D eigenvalue weighted by Gasteiger charge is 2.36. The zero-order chi connectivity index (χ0) is 23.8. The van der Waals surface area contributed by atoms with E-state index in [0.29, 0.717) is 34.8 Å². The number of nitrogens with zero attached hydrogens (tertiary/aromatic N) is 6. The molecule has 1 fully saturated rings. The molecular weight excluding hydrogens is 442 g/mol. The first-order chi connectivity index (χ1) is 16.4. The first-order valence-electron chi connectivity index (χ1n) is 11.0. The summed E-state index contributed by atoms with van der Waals surface area (Å²) in [6, 6.07) is 8.17. The lowest BCUT2D eigenvalue weighted by Gasteiger charge is -2.26. The first-order valence-corrected chi connectivity index (χ1v) is 11.0. The van der Waals surface area contributed by atoms with E-state index in [1.807, 2.05) is 12.1 Å². The van der Waals surface area contributed by atoms with Crippen LogP contribution in [0.3, 0.4) is 0 Å². The summed E-state index contributed by atoms with van der Waals surface area (Å²) in [6.45, 7) is 1.84. The van der Waals surface area contributed by atoms with Gasteiger partial charge in [0.05, 0.1) is 43.9 Å². The molecule has 8 nitrogen and oxygen atoms in total. The fraction of sp³-hybridized carbons (Fsp3) is 0.333. The van der Waals surface area contributed by atoms with Crippen molar-refractivity contribution in [2.45, 2.75) is 38.1 Å². The molecule has 0 unspecified atom stereocenters. The number of anilines is 1. The summed E-state index contributed by atoms with van der Waals surface area (Å²) in [5.41, 5.74) is 3.35. The van der Waals surface area contributed by atoms with Crippen LogP contribution in [0.4, 0.5) is 14.6 Å². The highest BCUT2D eigenvalue weighted by atomic mass is 19.1. The zero-order valence-electron chi connectivity index (χ0n) is 18.8. The van der Waals surface area contributed by atoms with Gasteiger partial charge in [0, 0.05) is 18.2 Å². The second-order valence-electron chi connectivity index (χ2n) is 8.46. The summed E-state index contributed by atoms with van der Waals surface area (Å²) in [5.74, 6) is 0.263. The molecule has 1 N–H and O–H groups in total. The van der Waals surface area contributed by atoms with Crippen molar-refractivity contribution in [3.63, 3.8) is 0 Å². The van der Waals surface area contributed by atoms with Gasteiger partial charge in [0.15, 0.2) is 5.65 Å². The van der Waals surface area contributed by atoms with Crippen molar-refractivity contribution in [3.05, 3.63) is 65.9 Å². The molecule has 5 heterocycles. The van der Waals surface area contributed by atoms with Crippen molar-refractivity contribution in [1.82, 2.24) is 24.6 Å². The van der Waals surface area contributed by atoms with Crippen LogP contribution in [-0.2, 0) is 6.42 Å². The molecule has 1 aliphatic rings. The van der Waals surface area contributed by atoms with Crippen LogP contribution in [-0.4, -0.2) is 55.6 Å². The molecule has 176 valence electrons. The van der Waals surface area contributed by atoms with Crippen LogP contribution in [0.5, 0.6) is 5.88 Å². The molecule has 4 aromatic rings. The molecule has 3 atom stereocenters. The number of halogens is 2. The lowest BCUT2D eigenvalue weighted by molar-refractivity contribution is 0.195. The summed E-state index contributed by atoms with van der Waals surface area (Å²) in [5, 5.41) is 14.5. The van der Waals surface area contributed by atoms with E-state index in [0.717, 1.165) is 11.8 Å². The number of alkyl halides is 1. The van der Waals surface area contributed by atoms with E-state index in [1.165, 1.54) is 13.2 Å². The molecule has 34 heavy (non-hydrogen) atoms. The van der Waals surface area contributed by atoms with Crippen molar-refractivity contribution in [2.24, 2.45) is 0 Å². The van der Waals surface area contributed by atoms with Gasteiger partial charge in [0.2, 0.25) is 5.88 Å². The van der Waals surface area contributed by atoms with E-state index in [4.69, 9.17) is 9.84 Å². The van der Waals surface area contributed by atoms with Crippen LogP contribution in [0.2, 0.25) is 0 Å². The number of aromatic nitrogens is 5. The Morgan fingerprint density at radius 1 is 1.18 bits per heavy atom. The lowest BCUT2D eigenvalue weighted by atomic mass is 10.1. The van der Waals surface area contributed by atoms with E-state index in [1.54, 1.807) is 40.9 Å². The molecule has 1 saturated heterocycles. The third-order valence-corrected chi connectivity index (χ3v) is 5.91. The second kappa shape index (κ2) is 8.94. The van der Waals surface area contributed by atoms with E-state index in [2.05, 4.69) is 15.0 Å². The lowest BCUT2D eigenvalue weighted by Crippen LogP contribution is -2.26. The summed E-state index contributed by atoms with van der Waals surface area (Å²) < 4.78 is 35.6. The number of hydrogen-bond donors (Lipinski definition) is 1. The van der Waals surface area contributed by atoms with Gasteiger partial charge in [-0.15, -0.1) is 5.10 Å². The average molecular weight is 466 g/mol. The number of aliphatic hydroxyl groups is 1. The predicted octanol–water partition coefficient (Wildman–Crippen LogP) is 3.55. The first kappa shape index (κ1) is 22.1. The van der Waals surface area contributed by atoms with Gasteiger partial charge in [-0.2, -0.15) is 0 Å². The minimum absolute atomic E-state index is 0.106. The largest absolute Gasteiger partial charge is 0.481 e. The molecule has 0 bridgehead atoms. The second-order valence-corrected chi connectivity index (χ2v) is 8.46. The summed E-state index contributed by atoms with van der Waals surface area (Å²) in [7, 11) is 1.46. The van der Waals surface area contributed by atoms with Crippen LogP contribution in [0, 0.1) is 5.82 Å². The van der Waals surface area contributed by atoms with Crippen molar-refractivity contribution in [1.29, 1.82) is 0 Å². The van der Waals surface area contributed by atoms with Crippen LogP contribution < -0.4 is 9.64 Å². The molecule has 4 aromatic heterocycles. The van der Waals surface area contributed by atoms with Gasteiger partial charge in [-0.25, -0.2) is 23.3 Å². The van der Waals surface area contributed by atoms with Gasteiger partial charge >= 0.3 is 0 Å². The third kappa shape index (κ3) is 4.16. The molecule has 0 saturated carbocycles. The van der Waals surface area contributed by atoms with Gasteiger partial charge in [-0.3, -0.25) is 4.98 Å². The number of ether oxygens (including phenoxy) is 1. The normalized spacial score (nSPS) is 19.0. The molecule has 0 radical (unpaired) electrons. The van der Waals surface area contributed by atoms with Gasteiger partial charge in [-0.05, 0) is 49.2 Å². The molecular formula is C24H24F2N6O2. The van der Waals surface area contributed by atoms with Gasteiger partial charge < -0.3 is 14.7 Å². The van der Waals surface area contributed by atoms with E-state index in [-0.39, 0.29) is 18.8 Å². The van der Waals surface area contributed by atoms with Crippen molar-refractivity contribution < 1.29 is 18.6 Å². The van der Waals surface area contributed by atoms with E-state index >= 15 is 0 Å². The minimum atomic E-state index is -1.11. The Kier molecular flexibility index (Phi) is 5.82. The summed E-state index contributed by atoms with van der Waals surface area (Å²) in [6.07, 6.45) is 3.52. The Hall–Kier alpha value is -3.66. The SMILES string of the molecule is COc1ncc(F)cc1[C@H]1C[C@H](F)CN1c1ccc2ncc(-c3cc(C[C@H](C)O)ccn3)n2n1. The maximum absolute atomic E-state index is 14.6. The number of aliphatic hydroxyl groups excluding tert-OH is 1. The average Bonchev–Trinajstić information content (AvgIpc) is 3.41. The van der Waals surface area contributed by atoms with Gasteiger partial charge in [-0.1, -0.05) is 0 Å². The van der Waals surface area contributed by atoms with Crippen molar-refractivity contribution in [3.8, 4) is 17.3 Å². The monoisotopic (exact) mass is 466 g/mol. The number of methoxy groups -OCH3 is 1. The molecule has 1 aliphatic heterocycles. The third-order valence-electron chi connectivity index (χ3n) is 5.91. The number of rotatable bonds is 6. The summed E-state index contributed by atoms with van der Waals surface area (Å²) >= 11 is 0. The number of imidazole rings is 1. The van der Waals surface area contributed by atoms with Crippen LogP contribution in [0.1, 0.15) is 30.5 Å². The smallest absolute Gasteiger partial charge is 0.218 e. The minimum Gasteiger partial charge on any atom is -0.481 e. The zero-order valence-corrected chi connectivity index (χ0v) is 18.8. The fourth-order valence-electron chi connectivity index (χ4n) is 4.46. The highest BCUT2D eigenvalue weighted by molar-refractivity contribution is 5.61. The van der Waals surface area contributed by atoms with E-state index in [9.17, 15) is 13.9 Å². The topological polar surface area (TPSA) is 88.7 Å². The maximum atomic E-state index is 14.6. The Morgan fingerprint density at radius 2 is 2.03 bits per heavy atom. The molecule has 0 amide bonds. The van der Waals surface area contributed by atoms with Gasteiger partial charge in [0.25, 0.3) is 0 Å². The van der Waals surface area contributed by atoms with Gasteiger partial charge in [0.1, 0.15) is 23.5 Å². The van der Waals surface area contributed by atoms with Crippen molar-refractivity contribution in [2.75, 3.05) is 18.6 Å². The number of pyridine rings is 2. The molecule has 5 rings (SSSR count).